The van der Waals surface area contributed by atoms with E-state index >= 15 is 0 Å². The first-order valence-electron chi connectivity index (χ1n) is 12.4. The van der Waals surface area contributed by atoms with Crippen molar-refractivity contribution in [2.24, 2.45) is 0 Å². The summed E-state index contributed by atoms with van der Waals surface area (Å²) in [6.45, 7) is 2.31. The van der Waals surface area contributed by atoms with E-state index in [0.717, 1.165) is 47.7 Å². The predicted molar refractivity (Wildman–Crippen MR) is 144 cm³/mol. The summed E-state index contributed by atoms with van der Waals surface area (Å²) in [5.74, 6) is 7.34. The van der Waals surface area contributed by atoms with E-state index in [1.54, 1.807) is 24.2 Å². The van der Waals surface area contributed by atoms with Crippen LogP contribution in [0.5, 0.6) is 5.75 Å². The maximum Gasteiger partial charge on any atom is 0.215 e. The van der Waals surface area contributed by atoms with Gasteiger partial charge in [-0.15, -0.1) is 10.2 Å². The number of benzene rings is 1. The lowest BCUT2D eigenvalue weighted by atomic mass is 10.1. The summed E-state index contributed by atoms with van der Waals surface area (Å²) in [7, 11) is -3.22. The number of pyridine rings is 1. The second kappa shape index (κ2) is 11.5. The number of nitrogens with one attached hydrogen (secondary N) is 1. The van der Waals surface area contributed by atoms with Gasteiger partial charge in [0.2, 0.25) is 10.0 Å². The van der Waals surface area contributed by atoms with Crippen molar-refractivity contribution >= 4 is 21.8 Å². The molecule has 0 radical (unpaired) electrons. The second-order valence-electron chi connectivity index (χ2n) is 9.09. The number of nitrogens with zero attached hydrogens (tertiary/aromatic N) is 4. The minimum Gasteiger partial charge on any atom is -0.486 e. The first kappa shape index (κ1) is 25.5. The van der Waals surface area contributed by atoms with Crippen molar-refractivity contribution in [1.29, 1.82) is 0 Å². The Balaban J connectivity index is 1.26. The van der Waals surface area contributed by atoms with E-state index in [4.69, 9.17) is 4.74 Å². The van der Waals surface area contributed by atoms with Gasteiger partial charge in [-0.3, -0.25) is 9.55 Å². The molecule has 2 aliphatic rings. The van der Waals surface area contributed by atoms with Gasteiger partial charge in [0.05, 0.1) is 23.7 Å². The smallest absolute Gasteiger partial charge is 0.215 e. The van der Waals surface area contributed by atoms with E-state index in [0.29, 0.717) is 16.8 Å². The molecule has 1 unspecified atom stereocenters. The Morgan fingerprint density at radius 3 is 2.84 bits per heavy atom. The van der Waals surface area contributed by atoms with Gasteiger partial charge in [0, 0.05) is 17.0 Å². The maximum atomic E-state index is 11.9. The van der Waals surface area contributed by atoms with E-state index in [1.807, 2.05) is 41.8 Å². The largest absolute Gasteiger partial charge is 0.486 e. The molecule has 2 aliphatic carbocycles. The molecule has 1 fully saturated rings. The van der Waals surface area contributed by atoms with Crippen LogP contribution in [0.1, 0.15) is 49.1 Å². The Hall–Kier alpha value is -3.13. The number of ether oxygens (including phenoxy) is 1. The van der Waals surface area contributed by atoms with Crippen molar-refractivity contribution in [2.45, 2.75) is 61.3 Å². The van der Waals surface area contributed by atoms with E-state index in [-0.39, 0.29) is 18.4 Å². The molecular weight excluding hydrogens is 506 g/mol. The molecule has 1 saturated carbocycles. The van der Waals surface area contributed by atoms with Gasteiger partial charge in [0.25, 0.3) is 0 Å². The van der Waals surface area contributed by atoms with E-state index in [9.17, 15) is 8.42 Å². The van der Waals surface area contributed by atoms with Gasteiger partial charge in [-0.05, 0) is 74.9 Å². The number of aryl methyl sites for hydroxylation is 1. The molecule has 0 saturated heterocycles. The summed E-state index contributed by atoms with van der Waals surface area (Å²) >= 11 is 1.71. The zero-order valence-electron chi connectivity index (χ0n) is 20.6. The van der Waals surface area contributed by atoms with Crippen LogP contribution < -0.4 is 9.46 Å². The topological polar surface area (TPSA) is 99.0 Å². The second-order valence-corrected chi connectivity index (χ2v) is 12.3. The first-order chi connectivity index (χ1) is 18.0. The van der Waals surface area contributed by atoms with Gasteiger partial charge in [0.1, 0.15) is 12.4 Å². The van der Waals surface area contributed by atoms with Crippen molar-refractivity contribution in [3.63, 3.8) is 0 Å². The molecule has 37 heavy (non-hydrogen) atoms. The molecule has 2 aromatic heterocycles. The quantitative estimate of drug-likeness (QED) is 0.324. The molecule has 192 valence electrons. The molecule has 10 heteroatoms. The molecular formula is C27H29N5O3S2. The first-order valence-corrected chi connectivity index (χ1v) is 14.8. The van der Waals surface area contributed by atoms with Gasteiger partial charge in [-0.2, -0.15) is 0 Å². The number of allylic oxidation sites excluding steroid dienone is 1. The fourth-order valence-electron chi connectivity index (χ4n) is 4.02. The third-order valence-electron chi connectivity index (χ3n) is 6.19. The van der Waals surface area contributed by atoms with E-state index in [2.05, 4.69) is 43.9 Å². The Kier molecular flexibility index (Phi) is 7.93. The number of hydrogen-bond acceptors (Lipinski definition) is 7. The number of rotatable bonds is 9. The molecule has 5 rings (SSSR count). The minimum atomic E-state index is -3.22. The lowest BCUT2D eigenvalue weighted by molar-refractivity contribution is 0.292. The molecule has 8 nitrogen and oxygen atoms in total. The fourth-order valence-corrected chi connectivity index (χ4v) is 6.43. The van der Waals surface area contributed by atoms with Crippen molar-refractivity contribution in [2.75, 3.05) is 6.54 Å². The SMILES string of the molecule is Cc1cc(OCc2nnc(SC3C=CCCC3)n2-c2cccnc2)ccc1C#CCNS(=O)(=O)C1CC1. The van der Waals surface area contributed by atoms with Crippen molar-refractivity contribution in [3.05, 3.63) is 71.8 Å². The van der Waals surface area contributed by atoms with Crippen LogP contribution in [-0.2, 0) is 16.6 Å². The fraction of sp³-hybridized carbons (Fsp3) is 0.370. The van der Waals surface area contributed by atoms with Crippen LogP contribution in [0.2, 0.25) is 0 Å². The van der Waals surface area contributed by atoms with Gasteiger partial charge in [-0.1, -0.05) is 35.8 Å². The lowest BCUT2D eigenvalue weighted by Crippen LogP contribution is -2.27. The van der Waals surface area contributed by atoms with Crippen LogP contribution >= 0.6 is 11.8 Å². The average Bonchev–Trinajstić information content (AvgIpc) is 3.70. The Morgan fingerprint density at radius 1 is 1.22 bits per heavy atom. The number of sulfonamides is 1. The van der Waals surface area contributed by atoms with Crippen LogP contribution in [0, 0.1) is 18.8 Å². The maximum absolute atomic E-state index is 11.9. The average molecular weight is 536 g/mol. The van der Waals surface area contributed by atoms with Gasteiger partial charge in [-0.25, -0.2) is 13.1 Å². The third kappa shape index (κ3) is 6.60. The highest BCUT2D eigenvalue weighted by Crippen LogP contribution is 2.31. The summed E-state index contributed by atoms with van der Waals surface area (Å²) < 4.78 is 34.5. The van der Waals surface area contributed by atoms with Gasteiger partial charge < -0.3 is 4.74 Å². The number of hydrogen-bond donors (Lipinski definition) is 1. The Morgan fingerprint density at radius 2 is 2.11 bits per heavy atom. The molecule has 1 atom stereocenters. The number of thioether (sulfide) groups is 1. The van der Waals surface area contributed by atoms with Crippen LogP contribution in [0.4, 0.5) is 0 Å². The highest BCUT2D eigenvalue weighted by molar-refractivity contribution is 7.99. The summed E-state index contributed by atoms with van der Waals surface area (Å²) in [6.07, 6.45) is 12.9. The molecule has 0 bridgehead atoms. The molecule has 1 N–H and O–H groups in total. The van der Waals surface area contributed by atoms with Crippen molar-refractivity contribution in [1.82, 2.24) is 24.5 Å². The summed E-state index contributed by atoms with van der Waals surface area (Å²) in [5.41, 5.74) is 2.67. The van der Waals surface area contributed by atoms with Crippen LogP contribution in [0.25, 0.3) is 5.69 Å². The monoisotopic (exact) mass is 535 g/mol. The molecule has 0 amide bonds. The summed E-state index contributed by atoms with van der Waals surface area (Å²) in [6, 6.07) is 9.55. The van der Waals surface area contributed by atoms with Gasteiger partial charge >= 0.3 is 0 Å². The van der Waals surface area contributed by atoms with Crippen molar-refractivity contribution < 1.29 is 13.2 Å². The molecule has 0 spiro atoms. The standard InChI is InChI=1S/C27H29N5O3S2/c1-20-17-23(12-11-21(20)7-5-16-29-37(33,34)25-13-14-25)35-19-26-30-31-27(36-24-9-3-2-4-10-24)32(26)22-8-6-15-28-18-22/h3,6,8-9,11-12,15,17-18,24-25,29H,2,4,10,13-14,16,19H2,1H3. The highest BCUT2D eigenvalue weighted by atomic mass is 32.2. The Bertz CT molecular complexity index is 1440. The van der Waals surface area contributed by atoms with Gasteiger partial charge in [0.15, 0.2) is 11.0 Å². The molecule has 0 aliphatic heterocycles. The Labute approximate surface area is 222 Å². The van der Waals surface area contributed by atoms with Crippen LogP contribution in [-0.4, -0.2) is 45.2 Å². The minimum absolute atomic E-state index is 0.109. The van der Waals surface area contributed by atoms with E-state index in [1.165, 1.54) is 6.42 Å². The highest BCUT2D eigenvalue weighted by Gasteiger charge is 2.35. The molecule has 3 aromatic rings. The van der Waals surface area contributed by atoms with E-state index < -0.39 is 10.0 Å². The zero-order valence-corrected chi connectivity index (χ0v) is 22.3. The normalized spacial score (nSPS) is 17.3. The summed E-state index contributed by atoms with van der Waals surface area (Å²) in [5, 5.41) is 9.87. The summed E-state index contributed by atoms with van der Waals surface area (Å²) in [4.78, 5) is 4.27. The molecule has 1 aromatic carbocycles. The third-order valence-corrected chi connectivity index (χ3v) is 9.25. The zero-order chi connectivity index (χ0) is 25.7. The lowest BCUT2D eigenvalue weighted by Gasteiger charge is -2.16. The van der Waals surface area contributed by atoms with Crippen LogP contribution in [0.3, 0.4) is 0 Å². The number of aromatic nitrogens is 4. The molecule has 2 heterocycles. The van der Waals surface area contributed by atoms with Crippen LogP contribution in [0.15, 0.2) is 60.0 Å². The van der Waals surface area contributed by atoms with Crippen molar-refractivity contribution in [3.8, 4) is 23.3 Å². The predicted octanol–water partition coefficient (Wildman–Crippen LogP) is 4.18.